The lowest BCUT2D eigenvalue weighted by Gasteiger charge is -2.27. The highest BCUT2D eigenvalue weighted by Crippen LogP contribution is 2.20. The Hall–Kier alpha value is -0.900. The predicted molar refractivity (Wildman–Crippen MR) is 79.3 cm³/mol. The van der Waals surface area contributed by atoms with E-state index in [-0.39, 0.29) is 19.3 Å². The van der Waals surface area contributed by atoms with E-state index in [2.05, 4.69) is 43.9 Å². The Morgan fingerprint density at radius 1 is 1.21 bits per heavy atom. The van der Waals surface area contributed by atoms with Crippen molar-refractivity contribution in [2.24, 2.45) is 0 Å². The molecule has 0 amide bonds. The topological polar surface area (TPSA) is 43.7 Å². The molecule has 0 spiro atoms. The van der Waals surface area contributed by atoms with Crippen molar-refractivity contribution < 1.29 is 10.2 Å². The monoisotopic (exact) mass is 265 g/mol. The summed E-state index contributed by atoms with van der Waals surface area (Å²) >= 11 is 0. The Balaban J connectivity index is 2.82. The molecule has 0 bridgehead atoms. The van der Waals surface area contributed by atoms with E-state index in [9.17, 15) is 5.11 Å². The molecule has 0 aliphatic rings. The first-order chi connectivity index (χ1) is 8.99. The van der Waals surface area contributed by atoms with Crippen LogP contribution in [0.3, 0.4) is 0 Å². The fourth-order valence-electron chi connectivity index (χ4n) is 2.22. The molecule has 1 rings (SSSR count). The van der Waals surface area contributed by atoms with Crippen LogP contribution in [0.15, 0.2) is 18.2 Å². The number of hydrogen-bond acceptors (Lipinski definition) is 3. The molecule has 1 aromatic carbocycles. The summed E-state index contributed by atoms with van der Waals surface area (Å²) in [6, 6.07) is 6.62. The second-order valence-electron chi connectivity index (χ2n) is 5.60. The molecular formula is C16H27NO2. The van der Waals surface area contributed by atoms with Crippen molar-refractivity contribution in [3.63, 3.8) is 0 Å². The normalized spacial score (nSPS) is 13.3. The maximum Gasteiger partial charge on any atom is 0.0587 e. The van der Waals surface area contributed by atoms with Gasteiger partial charge in [0.25, 0.3) is 0 Å². The SMILES string of the molecule is Cc1ccc(C(C)C)cc1CN(C)C(CO)CCO. The van der Waals surface area contributed by atoms with Gasteiger partial charge >= 0.3 is 0 Å². The number of rotatable bonds is 7. The third-order valence-electron chi connectivity index (χ3n) is 3.76. The molecule has 0 heterocycles. The van der Waals surface area contributed by atoms with Crippen LogP contribution >= 0.6 is 0 Å². The van der Waals surface area contributed by atoms with Crippen LogP contribution in [0.1, 0.15) is 42.9 Å². The summed E-state index contributed by atoms with van der Waals surface area (Å²) in [5, 5.41) is 18.4. The van der Waals surface area contributed by atoms with Crippen molar-refractivity contribution in [3.05, 3.63) is 34.9 Å². The summed E-state index contributed by atoms with van der Waals surface area (Å²) in [5.41, 5.74) is 3.92. The van der Waals surface area contributed by atoms with Crippen molar-refractivity contribution in [1.29, 1.82) is 0 Å². The number of hydrogen-bond donors (Lipinski definition) is 2. The van der Waals surface area contributed by atoms with Crippen molar-refractivity contribution in [2.75, 3.05) is 20.3 Å². The van der Waals surface area contributed by atoms with E-state index in [4.69, 9.17) is 5.11 Å². The third kappa shape index (κ3) is 4.60. The summed E-state index contributed by atoms with van der Waals surface area (Å²) in [6.45, 7) is 7.51. The zero-order valence-corrected chi connectivity index (χ0v) is 12.6. The van der Waals surface area contributed by atoms with E-state index in [0.29, 0.717) is 12.3 Å². The minimum absolute atomic E-state index is 0.0205. The molecule has 0 fully saturated rings. The third-order valence-corrected chi connectivity index (χ3v) is 3.76. The van der Waals surface area contributed by atoms with E-state index in [0.717, 1.165) is 6.54 Å². The van der Waals surface area contributed by atoms with Gasteiger partial charge in [0.15, 0.2) is 0 Å². The molecule has 19 heavy (non-hydrogen) atoms. The first kappa shape index (κ1) is 16.2. The molecule has 1 atom stereocenters. The highest BCUT2D eigenvalue weighted by molar-refractivity contribution is 5.32. The van der Waals surface area contributed by atoms with Crippen molar-refractivity contribution in [1.82, 2.24) is 4.90 Å². The molecule has 2 N–H and O–H groups in total. The average molecular weight is 265 g/mol. The van der Waals surface area contributed by atoms with Crippen LogP contribution in [0.2, 0.25) is 0 Å². The lowest BCUT2D eigenvalue weighted by Crippen LogP contribution is -2.35. The fraction of sp³-hybridized carbons (Fsp3) is 0.625. The van der Waals surface area contributed by atoms with Gasteiger partial charge in [0.1, 0.15) is 0 Å². The largest absolute Gasteiger partial charge is 0.396 e. The molecule has 0 aliphatic heterocycles. The maximum atomic E-state index is 9.36. The number of aryl methyl sites for hydroxylation is 1. The molecule has 3 heteroatoms. The van der Waals surface area contributed by atoms with Crippen molar-refractivity contribution in [3.8, 4) is 0 Å². The highest BCUT2D eigenvalue weighted by Gasteiger charge is 2.14. The van der Waals surface area contributed by atoms with Gasteiger partial charge in [0.05, 0.1) is 6.61 Å². The lowest BCUT2D eigenvalue weighted by atomic mass is 9.97. The number of nitrogens with zero attached hydrogens (tertiary/aromatic N) is 1. The number of likely N-dealkylation sites (N-methyl/N-ethyl adjacent to an activating group) is 1. The lowest BCUT2D eigenvalue weighted by molar-refractivity contribution is 0.115. The van der Waals surface area contributed by atoms with E-state index < -0.39 is 0 Å². The summed E-state index contributed by atoms with van der Waals surface area (Å²) in [5.74, 6) is 0.524. The smallest absolute Gasteiger partial charge is 0.0587 e. The minimum Gasteiger partial charge on any atom is -0.396 e. The fourth-order valence-corrected chi connectivity index (χ4v) is 2.22. The van der Waals surface area contributed by atoms with Gasteiger partial charge in [-0.25, -0.2) is 0 Å². The first-order valence-corrected chi connectivity index (χ1v) is 7.01. The zero-order chi connectivity index (χ0) is 14.4. The van der Waals surface area contributed by atoms with Crippen LogP contribution in [0.5, 0.6) is 0 Å². The van der Waals surface area contributed by atoms with E-state index in [1.807, 2.05) is 7.05 Å². The van der Waals surface area contributed by atoms with E-state index in [1.54, 1.807) is 0 Å². The Kier molecular flexibility index (Phi) is 6.49. The molecule has 3 nitrogen and oxygen atoms in total. The Morgan fingerprint density at radius 2 is 1.89 bits per heavy atom. The Morgan fingerprint density at radius 3 is 2.42 bits per heavy atom. The molecular weight excluding hydrogens is 238 g/mol. The minimum atomic E-state index is 0.0205. The molecule has 0 saturated heterocycles. The zero-order valence-electron chi connectivity index (χ0n) is 12.6. The number of benzene rings is 1. The number of aliphatic hydroxyl groups is 2. The van der Waals surface area contributed by atoms with Gasteiger partial charge in [-0.15, -0.1) is 0 Å². The maximum absolute atomic E-state index is 9.36. The summed E-state index contributed by atoms with van der Waals surface area (Å²) in [6.07, 6.45) is 0.607. The molecule has 0 aromatic heterocycles. The molecule has 108 valence electrons. The van der Waals surface area contributed by atoms with Crippen LogP contribution in [-0.2, 0) is 6.54 Å². The van der Waals surface area contributed by atoms with Crippen molar-refractivity contribution >= 4 is 0 Å². The van der Waals surface area contributed by atoms with Gasteiger partial charge in [-0.1, -0.05) is 32.0 Å². The number of aliphatic hydroxyl groups excluding tert-OH is 2. The standard InChI is InChI=1S/C16H27NO2/c1-12(2)14-6-5-13(3)15(9-14)10-17(4)16(11-19)7-8-18/h5-6,9,12,16,18-19H,7-8,10-11H2,1-4H3. The van der Waals surface area contributed by atoms with Crippen LogP contribution in [0.4, 0.5) is 0 Å². The predicted octanol–water partition coefficient (Wildman–Crippen LogP) is 2.29. The summed E-state index contributed by atoms with van der Waals surface area (Å²) in [4.78, 5) is 2.11. The molecule has 1 aromatic rings. The quantitative estimate of drug-likeness (QED) is 0.795. The molecule has 0 saturated carbocycles. The van der Waals surface area contributed by atoms with Crippen LogP contribution < -0.4 is 0 Å². The molecule has 1 unspecified atom stereocenters. The van der Waals surface area contributed by atoms with Gasteiger partial charge in [-0.2, -0.15) is 0 Å². The van der Waals surface area contributed by atoms with Crippen molar-refractivity contribution in [2.45, 2.75) is 45.7 Å². The summed E-state index contributed by atoms with van der Waals surface area (Å²) in [7, 11) is 2.00. The summed E-state index contributed by atoms with van der Waals surface area (Å²) < 4.78 is 0. The van der Waals surface area contributed by atoms with E-state index in [1.165, 1.54) is 16.7 Å². The second-order valence-corrected chi connectivity index (χ2v) is 5.60. The van der Waals surface area contributed by atoms with Gasteiger partial charge in [0, 0.05) is 19.2 Å². The van der Waals surface area contributed by atoms with Crippen LogP contribution in [0, 0.1) is 6.92 Å². The van der Waals surface area contributed by atoms with Crippen LogP contribution in [0.25, 0.3) is 0 Å². The Bertz CT molecular complexity index is 390. The van der Waals surface area contributed by atoms with Gasteiger partial charge in [0.2, 0.25) is 0 Å². The van der Waals surface area contributed by atoms with Gasteiger partial charge in [-0.3, -0.25) is 4.90 Å². The molecule has 0 aliphatic carbocycles. The molecule has 0 radical (unpaired) electrons. The van der Waals surface area contributed by atoms with Gasteiger partial charge < -0.3 is 10.2 Å². The van der Waals surface area contributed by atoms with Crippen LogP contribution in [-0.4, -0.2) is 41.4 Å². The van der Waals surface area contributed by atoms with Gasteiger partial charge in [-0.05, 0) is 43.0 Å². The average Bonchev–Trinajstić information content (AvgIpc) is 2.38. The first-order valence-electron chi connectivity index (χ1n) is 7.01. The highest BCUT2D eigenvalue weighted by atomic mass is 16.3. The Labute approximate surface area is 116 Å². The van der Waals surface area contributed by atoms with E-state index >= 15 is 0 Å². The second kappa shape index (κ2) is 7.63.